The van der Waals surface area contributed by atoms with E-state index >= 15 is 0 Å². The molecular weight excluding hydrogens is 379 g/mol. The second-order valence-electron chi connectivity index (χ2n) is 6.38. The highest BCUT2D eigenvalue weighted by molar-refractivity contribution is 7.99. The zero-order chi connectivity index (χ0) is 20.1. The fraction of sp³-hybridized carbons (Fsp3) is 0.238. The van der Waals surface area contributed by atoms with Crippen LogP contribution in [-0.2, 0) is 6.42 Å². The molecule has 0 bridgehead atoms. The fourth-order valence-corrected chi connectivity index (χ4v) is 3.30. The average Bonchev–Trinajstić information content (AvgIpc) is 2.66. The van der Waals surface area contributed by atoms with E-state index in [1.165, 1.54) is 23.4 Å². The van der Waals surface area contributed by atoms with Crippen molar-refractivity contribution in [3.63, 3.8) is 0 Å². The number of H-pyrrole nitrogens is 1. The molecule has 0 amide bonds. The van der Waals surface area contributed by atoms with Gasteiger partial charge in [-0.3, -0.25) is 4.79 Å². The molecule has 0 aliphatic rings. The molecule has 0 spiro atoms. The third-order valence-corrected chi connectivity index (χ3v) is 5.20. The summed E-state index contributed by atoms with van der Waals surface area (Å²) >= 11 is 1.27. The molecule has 3 aromatic rings. The molecular formula is C21H21FN2O3S. The van der Waals surface area contributed by atoms with Crippen molar-refractivity contribution < 1.29 is 14.2 Å². The van der Waals surface area contributed by atoms with E-state index in [4.69, 9.17) is 4.74 Å². The summed E-state index contributed by atoms with van der Waals surface area (Å²) in [5.74, 6) is 0.517. The van der Waals surface area contributed by atoms with Gasteiger partial charge in [-0.15, -0.1) is 0 Å². The van der Waals surface area contributed by atoms with Crippen LogP contribution in [0.15, 0.2) is 52.4 Å². The number of nitrogens with one attached hydrogen (secondary N) is 1. The first-order valence-corrected chi connectivity index (χ1v) is 9.81. The van der Waals surface area contributed by atoms with Gasteiger partial charge >= 0.3 is 0 Å². The third-order valence-electron chi connectivity index (χ3n) is 4.37. The molecule has 7 heteroatoms. The number of hydrogen-bond acceptors (Lipinski definition) is 5. The number of aromatic nitrogens is 2. The quantitative estimate of drug-likeness (QED) is 0.356. The van der Waals surface area contributed by atoms with Crippen LogP contribution in [0, 0.1) is 19.7 Å². The summed E-state index contributed by atoms with van der Waals surface area (Å²) in [5, 5.41) is 10.4. The van der Waals surface area contributed by atoms with Crippen molar-refractivity contribution >= 4 is 11.8 Å². The molecule has 2 aromatic carbocycles. The number of aryl methyl sites for hydroxylation is 2. The van der Waals surface area contributed by atoms with Gasteiger partial charge in [-0.1, -0.05) is 36.0 Å². The van der Waals surface area contributed by atoms with Gasteiger partial charge in [0, 0.05) is 12.2 Å². The standard InChI is InChI=1S/C21H21FN2O3S/c1-13-7-8-16(11-14(13)2)27-9-10-28-21-23-19(25)17(20(26)24-21)12-15-5-3-4-6-18(15)22/h3-8,11H,9-10,12H2,1-2H3,(H2,23,24,25,26). The van der Waals surface area contributed by atoms with Gasteiger partial charge in [0.15, 0.2) is 5.16 Å². The smallest absolute Gasteiger partial charge is 0.258 e. The maximum absolute atomic E-state index is 13.8. The lowest BCUT2D eigenvalue weighted by Crippen LogP contribution is -2.16. The minimum atomic E-state index is -0.478. The number of ether oxygens (including phenoxy) is 1. The number of halogens is 1. The number of nitrogens with zero attached hydrogens (tertiary/aromatic N) is 1. The minimum Gasteiger partial charge on any atom is -0.493 e. The Labute approximate surface area is 166 Å². The zero-order valence-electron chi connectivity index (χ0n) is 15.7. The molecule has 0 fully saturated rings. The molecule has 5 nitrogen and oxygen atoms in total. The molecule has 0 saturated heterocycles. The number of rotatable bonds is 7. The summed E-state index contributed by atoms with van der Waals surface area (Å²) in [6, 6.07) is 12.0. The highest BCUT2D eigenvalue weighted by Crippen LogP contribution is 2.21. The lowest BCUT2D eigenvalue weighted by atomic mass is 10.1. The van der Waals surface area contributed by atoms with Gasteiger partial charge in [0.05, 0.1) is 12.2 Å². The maximum Gasteiger partial charge on any atom is 0.258 e. The van der Waals surface area contributed by atoms with Gasteiger partial charge in [-0.25, -0.2) is 4.39 Å². The zero-order valence-corrected chi connectivity index (χ0v) is 16.5. The largest absolute Gasteiger partial charge is 0.493 e. The second kappa shape index (κ2) is 8.93. The molecule has 1 heterocycles. The number of thioether (sulfide) groups is 1. The minimum absolute atomic E-state index is 0.0261. The molecule has 146 valence electrons. The molecule has 0 aliphatic heterocycles. The van der Waals surface area contributed by atoms with E-state index < -0.39 is 11.4 Å². The fourth-order valence-electron chi connectivity index (χ4n) is 2.63. The average molecular weight is 400 g/mol. The summed E-state index contributed by atoms with van der Waals surface area (Å²) in [4.78, 5) is 18.9. The highest BCUT2D eigenvalue weighted by Gasteiger charge is 2.14. The van der Waals surface area contributed by atoms with E-state index in [2.05, 4.69) is 9.97 Å². The Hall–Kier alpha value is -2.80. The Morgan fingerprint density at radius 1 is 1.18 bits per heavy atom. The lowest BCUT2D eigenvalue weighted by molar-refractivity contribution is 0.343. The molecule has 0 saturated carbocycles. The Morgan fingerprint density at radius 3 is 2.68 bits per heavy atom. The Bertz CT molecular complexity index is 1040. The topological polar surface area (TPSA) is 75.2 Å². The number of benzene rings is 2. The van der Waals surface area contributed by atoms with Crippen molar-refractivity contribution in [1.82, 2.24) is 9.97 Å². The van der Waals surface area contributed by atoms with Gasteiger partial charge < -0.3 is 14.8 Å². The Kier molecular flexibility index (Phi) is 6.36. The van der Waals surface area contributed by atoms with Crippen molar-refractivity contribution in [2.24, 2.45) is 0 Å². The van der Waals surface area contributed by atoms with E-state index in [9.17, 15) is 14.3 Å². The molecule has 0 aliphatic carbocycles. The van der Waals surface area contributed by atoms with Crippen LogP contribution in [0.4, 0.5) is 4.39 Å². The Balaban J connectivity index is 1.60. The molecule has 28 heavy (non-hydrogen) atoms. The Morgan fingerprint density at radius 2 is 1.96 bits per heavy atom. The molecule has 2 N–H and O–H groups in total. The molecule has 0 atom stereocenters. The molecule has 0 unspecified atom stereocenters. The first kappa shape index (κ1) is 19.9. The molecule has 1 aromatic heterocycles. The van der Waals surface area contributed by atoms with E-state index in [1.807, 2.05) is 32.0 Å². The van der Waals surface area contributed by atoms with Crippen LogP contribution in [0.1, 0.15) is 22.3 Å². The van der Waals surface area contributed by atoms with Crippen LogP contribution >= 0.6 is 11.8 Å². The number of aromatic amines is 1. The highest BCUT2D eigenvalue weighted by atomic mass is 32.2. The first-order chi connectivity index (χ1) is 13.4. The maximum atomic E-state index is 13.8. The van der Waals surface area contributed by atoms with Crippen LogP contribution in [0.25, 0.3) is 0 Å². The van der Waals surface area contributed by atoms with Gasteiger partial charge in [0.25, 0.3) is 5.56 Å². The number of aromatic hydroxyl groups is 1. The predicted octanol–water partition coefficient (Wildman–Crippen LogP) is 3.99. The van der Waals surface area contributed by atoms with Gasteiger partial charge in [0.1, 0.15) is 11.6 Å². The SMILES string of the molecule is Cc1ccc(OCCSc2nc(O)c(Cc3ccccc3F)c(=O)[nH]2)cc1C. The van der Waals surface area contributed by atoms with Crippen molar-refractivity contribution in [2.45, 2.75) is 25.4 Å². The van der Waals surface area contributed by atoms with Gasteiger partial charge in [-0.05, 0) is 48.7 Å². The van der Waals surface area contributed by atoms with Crippen LogP contribution < -0.4 is 10.3 Å². The summed E-state index contributed by atoms with van der Waals surface area (Å²) < 4.78 is 19.5. The second-order valence-corrected chi connectivity index (χ2v) is 7.47. The van der Waals surface area contributed by atoms with Crippen LogP contribution in [0.5, 0.6) is 11.6 Å². The van der Waals surface area contributed by atoms with Crippen molar-refractivity contribution in [1.29, 1.82) is 0 Å². The van der Waals surface area contributed by atoms with Crippen molar-refractivity contribution in [2.75, 3.05) is 12.4 Å². The monoisotopic (exact) mass is 400 g/mol. The first-order valence-electron chi connectivity index (χ1n) is 8.82. The lowest BCUT2D eigenvalue weighted by Gasteiger charge is -2.09. The summed E-state index contributed by atoms with van der Waals surface area (Å²) in [6.07, 6.45) is -0.0261. The van der Waals surface area contributed by atoms with Crippen LogP contribution in [0.2, 0.25) is 0 Å². The summed E-state index contributed by atoms with van der Waals surface area (Å²) in [6.45, 7) is 4.49. The molecule has 0 radical (unpaired) electrons. The predicted molar refractivity (Wildman–Crippen MR) is 108 cm³/mol. The van der Waals surface area contributed by atoms with Crippen molar-refractivity contribution in [3.05, 3.63) is 80.9 Å². The molecule has 3 rings (SSSR count). The van der Waals surface area contributed by atoms with Gasteiger partial charge in [0.2, 0.25) is 5.88 Å². The summed E-state index contributed by atoms with van der Waals surface area (Å²) in [7, 11) is 0. The van der Waals surface area contributed by atoms with Gasteiger partial charge in [-0.2, -0.15) is 4.98 Å². The van der Waals surface area contributed by atoms with Crippen LogP contribution in [-0.4, -0.2) is 27.4 Å². The normalized spacial score (nSPS) is 10.8. The van der Waals surface area contributed by atoms with Crippen molar-refractivity contribution in [3.8, 4) is 11.6 Å². The van der Waals surface area contributed by atoms with Crippen LogP contribution in [0.3, 0.4) is 0 Å². The van der Waals surface area contributed by atoms with E-state index in [1.54, 1.807) is 18.2 Å². The summed E-state index contributed by atoms with van der Waals surface area (Å²) in [5.41, 5.74) is 2.25. The van der Waals surface area contributed by atoms with E-state index in [-0.39, 0.29) is 17.9 Å². The third kappa shape index (κ3) is 4.92. The van der Waals surface area contributed by atoms with E-state index in [0.29, 0.717) is 23.1 Å². The number of hydrogen-bond donors (Lipinski definition) is 2. The van der Waals surface area contributed by atoms with E-state index in [0.717, 1.165) is 11.3 Å².